The molecule has 0 heterocycles. The van der Waals surface area contributed by atoms with Crippen LogP contribution in [-0.4, -0.2) is 30.7 Å². The number of nitrogens with two attached hydrogens (primary N) is 1. The fourth-order valence-corrected chi connectivity index (χ4v) is 2.81. The van der Waals surface area contributed by atoms with Crippen molar-refractivity contribution in [3.8, 4) is 0 Å². The summed E-state index contributed by atoms with van der Waals surface area (Å²) in [5.41, 5.74) is 5.73. The van der Waals surface area contributed by atoms with Crippen LogP contribution in [0.3, 0.4) is 0 Å². The Labute approximate surface area is 103 Å². The number of nitrogens with one attached hydrogen (secondary N) is 1. The van der Waals surface area contributed by atoms with E-state index in [4.69, 9.17) is 5.73 Å². The summed E-state index contributed by atoms with van der Waals surface area (Å²) in [5.74, 6) is 0.608. The Hall–Kier alpha value is -0.610. The van der Waals surface area contributed by atoms with Gasteiger partial charge in [0.05, 0.1) is 6.61 Å². The largest absolute Gasteiger partial charge is 0.396 e. The third-order valence-corrected chi connectivity index (χ3v) is 4.48. The van der Waals surface area contributed by atoms with Crippen molar-refractivity contribution < 1.29 is 9.90 Å². The molecule has 0 spiro atoms. The van der Waals surface area contributed by atoms with Gasteiger partial charge in [-0.3, -0.25) is 4.79 Å². The van der Waals surface area contributed by atoms with Crippen LogP contribution < -0.4 is 11.1 Å². The molecule has 4 N–H and O–H groups in total. The lowest BCUT2D eigenvalue weighted by atomic mass is 9.78. The van der Waals surface area contributed by atoms with Crippen LogP contribution in [0.1, 0.15) is 38.5 Å². The van der Waals surface area contributed by atoms with Gasteiger partial charge < -0.3 is 16.2 Å². The van der Waals surface area contributed by atoms with Gasteiger partial charge in [-0.1, -0.05) is 12.8 Å². The highest BCUT2D eigenvalue weighted by atomic mass is 16.3. The van der Waals surface area contributed by atoms with Crippen molar-refractivity contribution in [2.45, 2.75) is 38.5 Å². The summed E-state index contributed by atoms with van der Waals surface area (Å²) in [6.07, 6.45) is 6.47. The van der Waals surface area contributed by atoms with Gasteiger partial charge in [0.15, 0.2) is 0 Å². The Morgan fingerprint density at radius 3 is 2.65 bits per heavy atom. The van der Waals surface area contributed by atoms with Crippen LogP contribution in [0.2, 0.25) is 0 Å². The average molecular weight is 240 g/mol. The van der Waals surface area contributed by atoms with Gasteiger partial charge >= 0.3 is 0 Å². The SMILES string of the molecule is NCC1CCCCC1C(=O)NCC1(CO)CC1. The smallest absolute Gasteiger partial charge is 0.223 e. The molecule has 17 heavy (non-hydrogen) atoms. The maximum Gasteiger partial charge on any atom is 0.223 e. The fraction of sp³-hybridized carbons (Fsp3) is 0.923. The van der Waals surface area contributed by atoms with Gasteiger partial charge in [0.1, 0.15) is 0 Å². The standard InChI is InChI=1S/C13H24N2O2/c14-7-10-3-1-2-4-11(10)12(17)15-8-13(9-16)5-6-13/h10-11,16H,1-9,14H2,(H,15,17). The molecule has 0 saturated heterocycles. The van der Waals surface area contributed by atoms with Crippen LogP contribution in [-0.2, 0) is 4.79 Å². The number of hydrogen-bond donors (Lipinski definition) is 3. The average Bonchev–Trinajstić information content (AvgIpc) is 3.16. The minimum absolute atomic E-state index is 0.00252. The van der Waals surface area contributed by atoms with E-state index in [9.17, 15) is 9.90 Å². The predicted octanol–water partition coefficient (Wildman–Crippen LogP) is 0.640. The number of hydrogen-bond acceptors (Lipinski definition) is 3. The molecule has 2 aliphatic rings. The maximum absolute atomic E-state index is 12.1. The molecule has 0 aromatic heterocycles. The lowest BCUT2D eigenvalue weighted by molar-refractivity contribution is -0.128. The van der Waals surface area contributed by atoms with Crippen molar-refractivity contribution in [2.24, 2.45) is 23.0 Å². The van der Waals surface area contributed by atoms with E-state index in [-0.39, 0.29) is 23.8 Å². The molecule has 2 aliphatic carbocycles. The van der Waals surface area contributed by atoms with E-state index >= 15 is 0 Å². The first kappa shape index (κ1) is 12.8. The number of aliphatic hydroxyl groups excluding tert-OH is 1. The Kier molecular flexibility index (Phi) is 4.05. The Balaban J connectivity index is 1.81. The van der Waals surface area contributed by atoms with E-state index in [0.717, 1.165) is 32.1 Å². The van der Waals surface area contributed by atoms with Crippen molar-refractivity contribution in [3.05, 3.63) is 0 Å². The summed E-state index contributed by atoms with van der Waals surface area (Å²) in [6, 6.07) is 0. The highest BCUT2D eigenvalue weighted by Crippen LogP contribution is 2.44. The summed E-state index contributed by atoms with van der Waals surface area (Å²) in [6.45, 7) is 1.44. The Morgan fingerprint density at radius 2 is 2.06 bits per heavy atom. The second kappa shape index (κ2) is 5.36. The van der Waals surface area contributed by atoms with Crippen LogP contribution in [0.4, 0.5) is 0 Å². The maximum atomic E-state index is 12.1. The molecule has 0 bridgehead atoms. The first-order valence-corrected chi connectivity index (χ1v) is 6.79. The molecular formula is C13H24N2O2. The highest BCUT2D eigenvalue weighted by Gasteiger charge is 2.42. The highest BCUT2D eigenvalue weighted by molar-refractivity contribution is 5.79. The molecule has 0 aromatic carbocycles. The van der Waals surface area contributed by atoms with Gasteiger partial charge in [0.2, 0.25) is 5.91 Å². The molecule has 1 amide bonds. The van der Waals surface area contributed by atoms with E-state index in [1.54, 1.807) is 0 Å². The van der Waals surface area contributed by atoms with Crippen LogP contribution in [0, 0.1) is 17.3 Å². The molecule has 2 saturated carbocycles. The molecule has 4 nitrogen and oxygen atoms in total. The molecule has 0 radical (unpaired) electrons. The van der Waals surface area contributed by atoms with Crippen LogP contribution in [0.25, 0.3) is 0 Å². The second-order valence-corrected chi connectivity index (χ2v) is 5.76. The van der Waals surface area contributed by atoms with E-state index < -0.39 is 0 Å². The summed E-state index contributed by atoms with van der Waals surface area (Å²) >= 11 is 0. The van der Waals surface area contributed by atoms with Crippen LogP contribution in [0.15, 0.2) is 0 Å². The van der Waals surface area contributed by atoms with Gasteiger partial charge in [-0.25, -0.2) is 0 Å². The first-order chi connectivity index (χ1) is 8.21. The molecule has 2 atom stereocenters. The van der Waals surface area contributed by atoms with Crippen molar-refractivity contribution >= 4 is 5.91 Å². The molecule has 4 heteroatoms. The fourth-order valence-electron chi connectivity index (χ4n) is 2.81. The van der Waals surface area contributed by atoms with Crippen molar-refractivity contribution in [3.63, 3.8) is 0 Å². The summed E-state index contributed by atoms with van der Waals surface area (Å²) in [7, 11) is 0. The van der Waals surface area contributed by atoms with Gasteiger partial charge in [-0.05, 0) is 38.1 Å². The van der Waals surface area contributed by atoms with Gasteiger partial charge in [0.25, 0.3) is 0 Å². The molecule has 2 rings (SSSR count). The van der Waals surface area contributed by atoms with E-state index in [2.05, 4.69) is 5.32 Å². The normalized spacial score (nSPS) is 30.9. The first-order valence-electron chi connectivity index (χ1n) is 6.79. The monoisotopic (exact) mass is 240 g/mol. The predicted molar refractivity (Wildman–Crippen MR) is 66.3 cm³/mol. The van der Waals surface area contributed by atoms with Crippen LogP contribution in [0.5, 0.6) is 0 Å². The number of aliphatic hydroxyl groups is 1. The van der Waals surface area contributed by atoms with E-state index in [1.807, 2.05) is 0 Å². The Bertz CT molecular complexity index is 277. The third kappa shape index (κ3) is 2.99. The van der Waals surface area contributed by atoms with Crippen molar-refractivity contribution in [1.29, 1.82) is 0 Å². The zero-order valence-corrected chi connectivity index (χ0v) is 10.5. The minimum Gasteiger partial charge on any atom is -0.396 e. The Morgan fingerprint density at radius 1 is 1.35 bits per heavy atom. The van der Waals surface area contributed by atoms with Gasteiger partial charge in [-0.15, -0.1) is 0 Å². The molecule has 98 valence electrons. The molecule has 2 unspecified atom stereocenters. The lowest BCUT2D eigenvalue weighted by Gasteiger charge is -2.30. The third-order valence-electron chi connectivity index (χ3n) is 4.48. The zero-order valence-electron chi connectivity index (χ0n) is 10.5. The van der Waals surface area contributed by atoms with Gasteiger partial charge in [-0.2, -0.15) is 0 Å². The topological polar surface area (TPSA) is 75.4 Å². The summed E-state index contributed by atoms with van der Waals surface area (Å²) in [4.78, 5) is 12.1. The molecule has 2 fully saturated rings. The molecule has 0 aromatic rings. The minimum atomic E-state index is 0.00252. The van der Waals surface area contributed by atoms with E-state index in [1.165, 1.54) is 6.42 Å². The molecule has 0 aliphatic heterocycles. The number of carbonyl (C=O) groups excluding carboxylic acids is 1. The number of amides is 1. The van der Waals surface area contributed by atoms with Gasteiger partial charge in [0, 0.05) is 17.9 Å². The lowest BCUT2D eigenvalue weighted by Crippen LogP contribution is -2.41. The summed E-state index contributed by atoms with van der Waals surface area (Å²) in [5, 5.41) is 12.2. The number of rotatable bonds is 5. The molecular weight excluding hydrogens is 216 g/mol. The quantitative estimate of drug-likeness (QED) is 0.660. The van der Waals surface area contributed by atoms with Crippen molar-refractivity contribution in [1.82, 2.24) is 5.32 Å². The van der Waals surface area contributed by atoms with E-state index in [0.29, 0.717) is 19.0 Å². The van der Waals surface area contributed by atoms with Crippen LogP contribution >= 0.6 is 0 Å². The zero-order chi connectivity index (χ0) is 12.3. The van der Waals surface area contributed by atoms with Crippen molar-refractivity contribution in [2.75, 3.05) is 19.7 Å². The second-order valence-electron chi connectivity index (χ2n) is 5.76. The number of carbonyl (C=O) groups is 1. The summed E-state index contributed by atoms with van der Waals surface area (Å²) < 4.78 is 0.